The van der Waals surface area contributed by atoms with Gasteiger partial charge in [-0.05, 0) is 37.3 Å². The van der Waals surface area contributed by atoms with Crippen LogP contribution < -0.4 is 0 Å². The van der Waals surface area contributed by atoms with Crippen LogP contribution in [0.1, 0.15) is 45.8 Å². The minimum atomic E-state index is -0.953. The number of hydrogen-bond acceptors (Lipinski definition) is 4. The third-order valence-electron chi connectivity index (χ3n) is 4.60. The summed E-state index contributed by atoms with van der Waals surface area (Å²) in [5.74, 6) is -1.11. The molecule has 1 aliphatic heterocycles. The van der Waals surface area contributed by atoms with Crippen LogP contribution in [0.25, 0.3) is 0 Å². The monoisotopic (exact) mass is 323 g/mol. The van der Waals surface area contributed by atoms with Gasteiger partial charge in [0.05, 0.1) is 11.0 Å². The molecule has 1 aromatic heterocycles. The van der Waals surface area contributed by atoms with E-state index in [4.69, 9.17) is 4.74 Å². The van der Waals surface area contributed by atoms with Crippen molar-refractivity contribution in [1.82, 2.24) is 4.90 Å². The van der Waals surface area contributed by atoms with Crippen LogP contribution in [0.4, 0.5) is 0 Å². The van der Waals surface area contributed by atoms with E-state index in [0.29, 0.717) is 17.8 Å². The highest BCUT2D eigenvalue weighted by molar-refractivity contribution is 7.14. The predicted octanol–water partition coefficient (Wildman–Crippen LogP) is 2.33. The summed E-state index contributed by atoms with van der Waals surface area (Å²) in [7, 11) is 1.56. The maximum atomic E-state index is 12.7. The van der Waals surface area contributed by atoms with Crippen molar-refractivity contribution in [3.05, 3.63) is 21.4 Å². The number of carbonyl (C=O) groups is 2. The summed E-state index contributed by atoms with van der Waals surface area (Å²) in [6.07, 6.45) is 5.83. The molecule has 2 heterocycles. The van der Waals surface area contributed by atoms with Crippen molar-refractivity contribution >= 4 is 23.2 Å². The first-order chi connectivity index (χ1) is 10.6. The van der Waals surface area contributed by atoms with Gasteiger partial charge >= 0.3 is 5.97 Å². The zero-order chi connectivity index (χ0) is 15.7. The fourth-order valence-corrected chi connectivity index (χ4v) is 4.55. The Morgan fingerprint density at radius 1 is 1.32 bits per heavy atom. The number of carboxylic acid groups (broad SMARTS) is 1. The summed E-state index contributed by atoms with van der Waals surface area (Å²) >= 11 is 1.54. The topological polar surface area (TPSA) is 66.8 Å². The zero-order valence-electron chi connectivity index (χ0n) is 12.7. The standard InChI is InChI=1S/C16H21NO4S/c1-21-11-8-12(16(19)20)17(9-11)15(18)14-7-10-5-3-2-4-6-13(10)22-14/h7,11-12H,2-6,8-9H2,1H3,(H,19,20). The Morgan fingerprint density at radius 2 is 2.09 bits per heavy atom. The molecule has 6 heteroatoms. The van der Waals surface area contributed by atoms with Gasteiger partial charge in [0.25, 0.3) is 5.91 Å². The molecular formula is C16H21NO4S. The number of fused-ring (bicyclic) bond motifs is 1. The number of likely N-dealkylation sites (tertiary alicyclic amines) is 1. The molecular weight excluding hydrogens is 302 g/mol. The highest BCUT2D eigenvalue weighted by Gasteiger charge is 2.40. The molecule has 2 aliphatic rings. The van der Waals surface area contributed by atoms with Crippen LogP contribution in [0.3, 0.4) is 0 Å². The molecule has 2 unspecified atom stereocenters. The second-order valence-corrected chi connectivity index (χ2v) is 7.16. The van der Waals surface area contributed by atoms with E-state index < -0.39 is 12.0 Å². The van der Waals surface area contributed by atoms with Crippen molar-refractivity contribution in [3.63, 3.8) is 0 Å². The van der Waals surface area contributed by atoms with Gasteiger partial charge in [-0.3, -0.25) is 4.79 Å². The predicted molar refractivity (Wildman–Crippen MR) is 83.5 cm³/mol. The van der Waals surface area contributed by atoms with E-state index in [9.17, 15) is 14.7 Å². The van der Waals surface area contributed by atoms with Crippen LogP contribution >= 0.6 is 11.3 Å². The van der Waals surface area contributed by atoms with Gasteiger partial charge in [0.15, 0.2) is 0 Å². The van der Waals surface area contributed by atoms with Gasteiger partial charge in [-0.15, -0.1) is 11.3 Å². The zero-order valence-corrected chi connectivity index (χ0v) is 13.5. The Morgan fingerprint density at radius 3 is 2.82 bits per heavy atom. The van der Waals surface area contributed by atoms with Crippen molar-refractivity contribution in [2.45, 2.75) is 50.7 Å². The van der Waals surface area contributed by atoms with Crippen LogP contribution in [-0.2, 0) is 22.4 Å². The smallest absolute Gasteiger partial charge is 0.326 e. The summed E-state index contributed by atoms with van der Waals surface area (Å²) in [5, 5.41) is 9.35. The van der Waals surface area contributed by atoms with Gasteiger partial charge in [0.1, 0.15) is 6.04 Å². The molecule has 0 aromatic carbocycles. The fourth-order valence-electron chi connectivity index (χ4n) is 3.34. The van der Waals surface area contributed by atoms with E-state index in [1.807, 2.05) is 6.07 Å². The second kappa shape index (κ2) is 6.38. The molecule has 120 valence electrons. The van der Waals surface area contributed by atoms with E-state index >= 15 is 0 Å². The summed E-state index contributed by atoms with van der Waals surface area (Å²) < 4.78 is 5.25. The number of aryl methyl sites for hydroxylation is 2. The van der Waals surface area contributed by atoms with Crippen molar-refractivity contribution < 1.29 is 19.4 Å². The van der Waals surface area contributed by atoms with Gasteiger partial charge in [-0.25, -0.2) is 4.79 Å². The van der Waals surface area contributed by atoms with Crippen LogP contribution in [-0.4, -0.2) is 47.7 Å². The van der Waals surface area contributed by atoms with Gasteiger partial charge in [0.2, 0.25) is 0 Å². The Kier molecular flexibility index (Phi) is 4.49. The average Bonchev–Trinajstić information content (AvgIpc) is 3.05. The number of ether oxygens (including phenoxy) is 1. The molecule has 0 saturated carbocycles. The molecule has 1 N–H and O–H groups in total. The molecule has 1 saturated heterocycles. The fraction of sp³-hybridized carbons (Fsp3) is 0.625. The molecule has 1 fully saturated rings. The molecule has 1 aromatic rings. The summed E-state index contributed by atoms with van der Waals surface area (Å²) in [6, 6.07) is 1.20. The maximum Gasteiger partial charge on any atom is 0.326 e. The van der Waals surface area contributed by atoms with E-state index in [1.165, 1.54) is 34.6 Å². The molecule has 1 aliphatic carbocycles. The molecule has 0 radical (unpaired) electrons. The first-order valence-corrected chi connectivity index (χ1v) is 8.60. The largest absolute Gasteiger partial charge is 0.480 e. The van der Waals surface area contributed by atoms with E-state index in [1.54, 1.807) is 18.4 Å². The van der Waals surface area contributed by atoms with Gasteiger partial charge < -0.3 is 14.7 Å². The maximum absolute atomic E-state index is 12.7. The average molecular weight is 323 g/mol. The molecule has 0 spiro atoms. The first kappa shape index (κ1) is 15.5. The van der Waals surface area contributed by atoms with Crippen molar-refractivity contribution in [3.8, 4) is 0 Å². The van der Waals surface area contributed by atoms with Gasteiger partial charge in [-0.1, -0.05) is 6.42 Å². The Balaban J connectivity index is 1.82. The molecule has 5 nitrogen and oxygen atoms in total. The molecule has 1 amide bonds. The minimum absolute atomic E-state index is 0.162. The van der Waals surface area contributed by atoms with Crippen LogP contribution in [0.5, 0.6) is 0 Å². The Labute approximate surface area is 133 Å². The van der Waals surface area contributed by atoms with Crippen molar-refractivity contribution in [1.29, 1.82) is 0 Å². The highest BCUT2D eigenvalue weighted by atomic mass is 32.1. The number of aliphatic carboxylic acids is 1. The number of carboxylic acids is 1. The first-order valence-electron chi connectivity index (χ1n) is 7.78. The van der Waals surface area contributed by atoms with E-state index in [0.717, 1.165) is 12.8 Å². The van der Waals surface area contributed by atoms with Gasteiger partial charge in [0, 0.05) is 25.0 Å². The lowest BCUT2D eigenvalue weighted by molar-refractivity contribution is -0.141. The number of hydrogen-bond donors (Lipinski definition) is 1. The lowest BCUT2D eigenvalue weighted by Crippen LogP contribution is -2.40. The van der Waals surface area contributed by atoms with E-state index in [2.05, 4.69) is 0 Å². The highest BCUT2D eigenvalue weighted by Crippen LogP contribution is 2.31. The quantitative estimate of drug-likeness (QED) is 0.867. The number of amides is 1. The van der Waals surface area contributed by atoms with Crippen molar-refractivity contribution in [2.24, 2.45) is 0 Å². The summed E-state index contributed by atoms with van der Waals surface area (Å²) in [4.78, 5) is 27.6. The Bertz CT molecular complexity index is 559. The molecule has 2 atom stereocenters. The number of nitrogens with zero attached hydrogens (tertiary/aromatic N) is 1. The number of thiophene rings is 1. The van der Waals surface area contributed by atoms with Crippen LogP contribution in [0, 0.1) is 0 Å². The third-order valence-corrected chi connectivity index (χ3v) is 5.82. The molecule has 3 rings (SSSR count). The summed E-state index contributed by atoms with van der Waals surface area (Å²) in [6.45, 7) is 0.356. The molecule has 0 bridgehead atoms. The summed E-state index contributed by atoms with van der Waals surface area (Å²) in [5.41, 5.74) is 1.28. The number of carbonyl (C=O) groups excluding carboxylic acids is 1. The lowest BCUT2D eigenvalue weighted by atomic mass is 10.1. The molecule has 22 heavy (non-hydrogen) atoms. The minimum Gasteiger partial charge on any atom is -0.480 e. The normalized spacial score (nSPS) is 24.9. The van der Waals surface area contributed by atoms with Crippen molar-refractivity contribution in [2.75, 3.05) is 13.7 Å². The third kappa shape index (κ3) is 2.90. The second-order valence-electron chi connectivity index (χ2n) is 6.02. The SMILES string of the molecule is COC1CC(C(=O)O)N(C(=O)c2cc3c(s2)CCCCC3)C1. The lowest BCUT2D eigenvalue weighted by Gasteiger charge is -2.20. The number of methoxy groups -OCH3 is 1. The number of rotatable bonds is 3. The Hall–Kier alpha value is -1.40. The van der Waals surface area contributed by atoms with E-state index in [-0.39, 0.29) is 12.0 Å². The van der Waals surface area contributed by atoms with Crippen LogP contribution in [0.2, 0.25) is 0 Å². The van der Waals surface area contributed by atoms with Gasteiger partial charge in [-0.2, -0.15) is 0 Å². The van der Waals surface area contributed by atoms with Crippen LogP contribution in [0.15, 0.2) is 6.07 Å².